The van der Waals surface area contributed by atoms with Crippen LogP contribution in [0.25, 0.3) is 0 Å². The van der Waals surface area contributed by atoms with Gasteiger partial charge in [0.1, 0.15) is 0 Å². The molecule has 0 radical (unpaired) electrons. The first-order valence-corrected chi connectivity index (χ1v) is 5.27. The van der Waals surface area contributed by atoms with E-state index in [1.165, 1.54) is 0 Å². The number of carbonyl (C=O) groups is 1. The van der Waals surface area contributed by atoms with E-state index in [0.29, 0.717) is 19.6 Å². The summed E-state index contributed by atoms with van der Waals surface area (Å²) in [7, 11) is 0. The summed E-state index contributed by atoms with van der Waals surface area (Å²) >= 11 is 0. The van der Waals surface area contributed by atoms with Crippen LogP contribution in [0.1, 0.15) is 12.0 Å². The topological polar surface area (TPSA) is 74.2 Å². The number of nitrogens with zero attached hydrogens (tertiary/aromatic N) is 1. The number of rotatable bonds is 5. The molecule has 1 aromatic rings. The van der Waals surface area contributed by atoms with Crippen molar-refractivity contribution < 1.29 is 9.90 Å². The predicted molar refractivity (Wildman–Crippen MR) is 58.9 cm³/mol. The second kappa shape index (κ2) is 4.59. The standard InChI is InChI=1S/C11H15N3O2/c15-10(16)4-11(7-13-8-11)14-6-9-2-1-3-12-5-9/h1-3,5,13-14H,4,6-8H2,(H,15,16). The van der Waals surface area contributed by atoms with E-state index in [4.69, 9.17) is 5.11 Å². The summed E-state index contributed by atoms with van der Waals surface area (Å²) in [5.74, 6) is -0.764. The van der Waals surface area contributed by atoms with Crippen molar-refractivity contribution in [3.8, 4) is 0 Å². The number of carboxylic acid groups (broad SMARTS) is 1. The minimum Gasteiger partial charge on any atom is -0.481 e. The lowest BCUT2D eigenvalue weighted by Crippen LogP contribution is -2.68. The largest absolute Gasteiger partial charge is 0.481 e. The van der Waals surface area contributed by atoms with E-state index >= 15 is 0 Å². The Balaban J connectivity index is 1.90. The van der Waals surface area contributed by atoms with Gasteiger partial charge in [-0.3, -0.25) is 9.78 Å². The highest BCUT2D eigenvalue weighted by Crippen LogP contribution is 2.16. The van der Waals surface area contributed by atoms with E-state index in [2.05, 4.69) is 15.6 Å². The Morgan fingerprint density at radius 2 is 2.44 bits per heavy atom. The smallest absolute Gasteiger partial charge is 0.305 e. The quantitative estimate of drug-likeness (QED) is 0.652. The Labute approximate surface area is 93.9 Å². The Morgan fingerprint density at radius 1 is 1.62 bits per heavy atom. The van der Waals surface area contributed by atoms with Crippen molar-refractivity contribution in [3.63, 3.8) is 0 Å². The highest BCUT2D eigenvalue weighted by Gasteiger charge is 2.38. The molecule has 1 aliphatic rings. The number of nitrogens with one attached hydrogen (secondary N) is 2. The number of hydrogen-bond acceptors (Lipinski definition) is 4. The van der Waals surface area contributed by atoms with Crippen LogP contribution < -0.4 is 10.6 Å². The summed E-state index contributed by atoms with van der Waals surface area (Å²) in [6.07, 6.45) is 3.66. The molecule has 0 aliphatic carbocycles. The van der Waals surface area contributed by atoms with Crippen LogP contribution in [0, 0.1) is 0 Å². The van der Waals surface area contributed by atoms with Gasteiger partial charge in [0.05, 0.1) is 12.0 Å². The molecule has 0 unspecified atom stereocenters. The molecule has 1 fully saturated rings. The van der Waals surface area contributed by atoms with Crippen LogP contribution in [0.5, 0.6) is 0 Å². The van der Waals surface area contributed by atoms with Crippen molar-refractivity contribution in [2.75, 3.05) is 13.1 Å². The maximum Gasteiger partial charge on any atom is 0.305 e. The van der Waals surface area contributed by atoms with Gasteiger partial charge in [-0.2, -0.15) is 0 Å². The first-order chi connectivity index (χ1) is 7.70. The van der Waals surface area contributed by atoms with E-state index in [0.717, 1.165) is 5.56 Å². The Morgan fingerprint density at radius 3 is 2.94 bits per heavy atom. The maximum atomic E-state index is 10.7. The molecule has 0 aromatic carbocycles. The third-order valence-electron chi connectivity index (χ3n) is 2.81. The van der Waals surface area contributed by atoms with Crippen LogP contribution in [-0.2, 0) is 11.3 Å². The van der Waals surface area contributed by atoms with E-state index in [1.54, 1.807) is 12.4 Å². The Kier molecular flexibility index (Phi) is 3.17. The van der Waals surface area contributed by atoms with Gasteiger partial charge >= 0.3 is 5.97 Å². The number of hydrogen-bond donors (Lipinski definition) is 3. The number of aromatic nitrogens is 1. The van der Waals surface area contributed by atoms with E-state index in [-0.39, 0.29) is 12.0 Å². The summed E-state index contributed by atoms with van der Waals surface area (Å²) in [6.45, 7) is 2.07. The lowest BCUT2D eigenvalue weighted by Gasteiger charge is -2.42. The fourth-order valence-electron chi connectivity index (χ4n) is 1.82. The van der Waals surface area contributed by atoms with Gasteiger partial charge in [0.25, 0.3) is 0 Å². The lowest BCUT2D eigenvalue weighted by molar-refractivity contribution is -0.139. The average molecular weight is 221 g/mol. The molecule has 5 nitrogen and oxygen atoms in total. The number of aliphatic carboxylic acids is 1. The van der Waals surface area contributed by atoms with Crippen LogP contribution in [0.15, 0.2) is 24.5 Å². The minimum absolute atomic E-state index is 0.153. The zero-order valence-corrected chi connectivity index (χ0v) is 8.94. The van der Waals surface area contributed by atoms with Crippen molar-refractivity contribution in [2.45, 2.75) is 18.5 Å². The normalized spacial score (nSPS) is 17.8. The average Bonchev–Trinajstić information content (AvgIpc) is 2.23. The summed E-state index contributed by atoms with van der Waals surface area (Å²) < 4.78 is 0. The SMILES string of the molecule is O=C(O)CC1(NCc2cccnc2)CNC1. The molecule has 1 aliphatic heterocycles. The molecule has 0 saturated carbocycles. The summed E-state index contributed by atoms with van der Waals surface area (Å²) in [4.78, 5) is 14.8. The van der Waals surface area contributed by atoms with Gasteiger partial charge in [0.2, 0.25) is 0 Å². The van der Waals surface area contributed by atoms with Crippen molar-refractivity contribution >= 4 is 5.97 Å². The van der Waals surface area contributed by atoms with E-state index in [1.807, 2.05) is 12.1 Å². The molecule has 16 heavy (non-hydrogen) atoms. The molecule has 2 rings (SSSR count). The van der Waals surface area contributed by atoms with Gasteiger partial charge in [0.15, 0.2) is 0 Å². The predicted octanol–water partition coefficient (Wildman–Crippen LogP) is -0.0121. The van der Waals surface area contributed by atoms with Crippen LogP contribution in [0.2, 0.25) is 0 Å². The van der Waals surface area contributed by atoms with Crippen LogP contribution in [0.3, 0.4) is 0 Å². The molecule has 0 spiro atoms. The fraction of sp³-hybridized carbons (Fsp3) is 0.455. The molecular weight excluding hydrogens is 206 g/mol. The van der Waals surface area contributed by atoms with Gasteiger partial charge in [-0.05, 0) is 11.6 Å². The fourth-order valence-corrected chi connectivity index (χ4v) is 1.82. The van der Waals surface area contributed by atoms with E-state index in [9.17, 15) is 4.79 Å². The molecule has 1 aromatic heterocycles. The van der Waals surface area contributed by atoms with Crippen molar-refractivity contribution in [3.05, 3.63) is 30.1 Å². The maximum absolute atomic E-state index is 10.7. The zero-order valence-electron chi connectivity index (χ0n) is 8.94. The zero-order chi connectivity index (χ0) is 11.4. The van der Waals surface area contributed by atoms with Crippen LogP contribution in [0.4, 0.5) is 0 Å². The lowest BCUT2D eigenvalue weighted by atomic mass is 9.88. The van der Waals surface area contributed by atoms with Gasteiger partial charge in [-0.25, -0.2) is 0 Å². The first-order valence-electron chi connectivity index (χ1n) is 5.27. The van der Waals surface area contributed by atoms with Gasteiger partial charge in [-0.1, -0.05) is 6.07 Å². The summed E-state index contributed by atoms with van der Waals surface area (Å²) in [6, 6.07) is 3.85. The molecular formula is C11H15N3O2. The van der Waals surface area contributed by atoms with Crippen molar-refractivity contribution in [2.24, 2.45) is 0 Å². The highest BCUT2D eigenvalue weighted by molar-refractivity contribution is 5.68. The first kappa shape index (κ1) is 11.0. The second-order valence-corrected chi connectivity index (χ2v) is 4.17. The molecule has 0 bridgehead atoms. The Bertz CT molecular complexity index is 363. The van der Waals surface area contributed by atoms with Crippen molar-refractivity contribution in [1.82, 2.24) is 15.6 Å². The summed E-state index contributed by atoms with van der Waals surface area (Å²) in [5.41, 5.74) is 0.779. The number of carboxylic acids is 1. The van der Waals surface area contributed by atoms with E-state index < -0.39 is 5.97 Å². The molecule has 86 valence electrons. The second-order valence-electron chi connectivity index (χ2n) is 4.17. The van der Waals surface area contributed by atoms with Crippen LogP contribution >= 0.6 is 0 Å². The van der Waals surface area contributed by atoms with Crippen molar-refractivity contribution in [1.29, 1.82) is 0 Å². The minimum atomic E-state index is -0.764. The Hall–Kier alpha value is -1.46. The molecule has 1 saturated heterocycles. The van der Waals surface area contributed by atoms with Gasteiger partial charge in [-0.15, -0.1) is 0 Å². The summed E-state index contributed by atoms with van der Waals surface area (Å²) in [5, 5.41) is 15.2. The molecule has 0 atom stereocenters. The number of pyridine rings is 1. The monoisotopic (exact) mass is 221 g/mol. The molecule has 0 amide bonds. The van der Waals surface area contributed by atoms with Crippen LogP contribution in [-0.4, -0.2) is 34.7 Å². The third kappa shape index (κ3) is 2.56. The molecule has 2 heterocycles. The van der Waals surface area contributed by atoms with Gasteiger partial charge in [0, 0.05) is 32.0 Å². The molecule has 3 N–H and O–H groups in total. The third-order valence-corrected chi connectivity index (χ3v) is 2.81. The highest BCUT2D eigenvalue weighted by atomic mass is 16.4. The van der Waals surface area contributed by atoms with Gasteiger partial charge < -0.3 is 15.7 Å². The molecule has 5 heteroatoms.